The molecule has 0 aliphatic carbocycles. The van der Waals surface area contributed by atoms with Gasteiger partial charge in [0.05, 0.1) is 16.9 Å². The number of benzene rings is 6. The second kappa shape index (κ2) is 29.7. The Hall–Kier alpha value is -12.5. The van der Waals surface area contributed by atoms with Gasteiger partial charge < -0.3 is 50.7 Å². The molecule has 0 spiro atoms. The summed E-state index contributed by atoms with van der Waals surface area (Å²) in [5.74, 6) is 6.82. The molecule has 12 aromatic rings. The summed E-state index contributed by atoms with van der Waals surface area (Å²) >= 11 is 0. The maximum Gasteiger partial charge on any atom is 0.245 e. The average molecular weight is 1320 g/mol. The molecule has 3 saturated heterocycles. The number of nitrogen functional groups attached to an aromatic ring is 3. The van der Waals surface area contributed by atoms with E-state index >= 15 is 0 Å². The number of rotatable bonds is 15. The largest absolute Gasteiger partial charge is 0.457 e. The van der Waals surface area contributed by atoms with E-state index < -0.39 is 0 Å². The first-order chi connectivity index (χ1) is 48.4. The molecular weight excluding hydrogens is 1240 g/mol. The number of nitrogens with zero attached hydrogens (tertiary/aromatic N) is 13. The average Bonchev–Trinajstić information content (AvgIpc) is 1.63. The molecule has 6 N–H and O–H groups in total. The molecule has 9 heterocycles. The third-order valence-electron chi connectivity index (χ3n) is 17.9. The number of imidazole rings is 1. The summed E-state index contributed by atoms with van der Waals surface area (Å²) in [4.78, 5) is 68.9. The number of amides is 3. The van der Waals surface area contributed by atoms with Gasteiger partial charge in [-0.15, -0.1) is 0 Å². The third-order valence-corrected chi connectivity index (χ3v) is 17.9. The number of hydrogen-bond donors (Lipinski definition) is 3. The van der Waals surface area contributed by atoms with Crippen molar-refractivity contribution in [1.82, 2.24) is 63.4 Å². The molecule has 3 fully saturated rings. The first kappa shape index (κ1) is 65.2. The Bertz CT molecular complexity index is 4380. The minimum atomic E-state index is -0.0633. The maximum absolute atomic E-state index is 12.2. The van der Waals surface area contributed by atoms with E-state index in [4.69, 9.17) is 41.5 Å². The fraction of sp³-hybridized carbons (Fsp3) is 0.195. The van der Waals surface area contributed by atoms with E-state index in [1.807, 2.05) is 194 Å². The van der Waals surface area contributed by atoms with E-state index in [-0.39, 0.29) is 35.5 Å². The van der Waals surface area contributed by atoms with Gasteiger partial charge in [0, 0.05) is 92.4 Å². The van der Waals surface area contributed by atoms with Crippen molar-refractivity contribution in [1.29, 1.82) is 0 Å². The Kier molecular flexibility index (Phi) is 19.5. The van der Waals surface area contributed by atoms with Crippen LogP contribution in [0.2, 0.25) is 0 Å². The van der Waals surface area contributed by atoms with Gasteiger partial charge in [-0.1, -0.05) is 74.3 Å². The van der Waals surface area contributed by atoms with Gasteiger partial charge in [-0.3, -0.25) is 18.8 Å². The van der Waals surface area contributed by atoms with Crippen molar-refractivity contribution in [2.45, 2.75) is 56.3 Å². The molecular formula is C77H74N16O6. The zero-order valence-electron chi connectivity index (χ0n) is 54.5. The zero-order valence-corrected chi connectivity index (χ0v) is 54.5. The number of fused-ring (bicyclic) bond motifs is 3. The van der Waals surface area contributed by atoms with Gasteiger partial charge in [0.15, 0.2) is 11.6 Å². The summed E-state index contributed by atoms with van der Waals surface area (Å²) in [6.07, 6.45) is 18.3. The van der Waals surface area contributed by atoms with Crippen molar-refractivity contribution in [2.24, 2.45) is 0 Å². The predicted molar refractivity (Wildman–Crippen MR) is 383 cm³/mol. The van der Waals surface area contributed by atoms with Crippen LogP contribution in [0.5, 0.6) is 34.5 Å². The fourth-order valence-corrected chi connectivity index (χ4v) is 13.1. The Morgan fingerprint density at radius 1 is 0.465 bits per heavy atom. The molecule has 3 aliphatic rings. The Morgan fingerprint density at radius 2 is 0.899 bits per heavy atom. The molecule has 22 nitrogen and oxygen atoms in total. The molecule has 6 aromatic carbocycles. The normalized spacial score (nSPS) is 16.0. The molecule has 0 radical (unpaired) electrons. The lowest BCUT2D eigenvalue weighted by Crippen LogP contribution is -2.38. The number of aromatic nitrogens is 10. The lowest BCUT2D eigenvalue weighted by Gasteiger charge is -2.31. The van der Waals surface area contributed by atoms with Crippen molar-refractivity contribution >= 4 is 62.8 Å². The zero-order chi connectivity index (χ0) is 68.4. The molecule has 22 heteroatoms. The first-order valence-electron chi connectivity index (χ1n) is 32.9. The van der Waals surface area contributed by atoms with Crippen LogP contribution in [0.1, 0.15) is 73.4 Å². The fourth-order valence-electron chi connectivity index (χ4n) is 13.1. The van der Waals surface area contributed by atoms with Gasteiger partial charge in [-0.25, -0.2) is 34.6 Å². The van der Waals surface area contributed by atoms with Crippen LogP contribution in [0.15, 0.2) is 233 Å². The number of piperidine rings is 3. The highest BCUT2D eigenvalue weighted by Crippen LogP contribution is 2.39. The Balaban J connectivity index is 0.000000133. The van der Waals surface area contributed by atoms with Crippen molar-refractivity contribution < 1.29 is 28.6 Å². The van der Waals surface area contributed by atoms with Crippen molar-refractivity contribution in [3.05, 3.63) is 250 Å². The third kappa shape index (κ3) is 14.4. The van der Waals surface area contributed by atoms with Gasteiger partial charge >= 0.3 is 0 Å². The molecule has 0 bridgehead atoms. The highest BCUT2D eigenvalue weighted by Gasteiger charge is 2.32. The molecule has 3 atom stereocenters. The van der Waals surface area contributed by atoms with Crippen LogP contribution in [0, 0.1) is 0 Å². The standard InChI is InChI=1S/2C26H25N5O2.C25H24N6O2/c1-2-22(32)30-15-6-7-19(17-30)26-29-23(24-25(27)28-14-16-31(24)26)18-10-12-21(13-11-18)33-20-8-4-3-5-9-20;1-2-23(32)30-14-6-7-18(15-30)22-16-31(25-24(22)28-17-29-26(25)27)19-10-12-21(13-11-19)33-20-8-4-3-5-9-20;1-2-21(32)30-14-6-7-17(15-30)22-23-24(25(26)28-16-27-23)31(29-22)18-10-12-20(13-11-18)33-19-8-4-3-5-9-19/h2-5,8-14,16,19H,1,6-7,15,17H2,(H2,27,28);2-5,8-13,16-18H,1,6-7,14-15H2,(H2,27,28,29);2-5,8-13,16-17H,1,6-7,14-15H2,(H2,26,27,28)/t19-;18-;17-/m111/s1. The van der Waals surface area contributed by atoms with E-state index in [0.717, 1.165) is 149 Å². The van der Waals surface area contributed by atoms with Crippen LogP contribution in [0.3, 0.4) is 0 Å². The lowest BCUT2D eigenvalue weighted by molar-refractivity contribution is -0.128. The van der Waals surface area contributed by atoms with E-state index in [2.05, 4.69) is 50.9 Å². The van der Waals surface area contributed by atoms with Crippen LogP contribution in [0.25, 0.3) is 50.2 Å². The number of likely N-dealkylation sites (tertiary alicyclic amines) is 3. The maximum atomic E-state index is 12.2. The number of nitrogens with two attached hydrogens (primary N) is 3. The number of carbonyl (C=O) groups excluding carboxylic acids is 3. The van der Waals surface area contributed by atoms with Crippen molar-refractivity contribution in [3.8, 4) is 57.1 Å². The Morgan fingerprint density at radius 3 is 1.42 bits per heavy atom. The number of carbonyl (C=O) groups is 3. The quantitative estimate of drug-likeness (QED) is 0.0805. The van der Waals surface area contributed by atoms with Crippen LogP contribution in [-0.2, 0) is 14.4 Å². The van der Waals surface area contributed by atoms with Crippen molar-refractivity contribution in [3.63, 3.8) is 0 Å². The summed E-state index contributed by atoms with van der Waals surface area (Å²) in [5.41, 5.74) is 27.9. The van der Waals surface area contributed by atoms with E-state index in [1.54, 1.807) is 10.9 Å². The molecule has 498 valence electrons. The minimum Gasteiger partial charge on any atom is -0.457 e. The lowest BCUT2D eigenvalue weighted by atomic mass is 9.91. The summed E-state index contributed by atoms with van der Waals surface area (Å²) in [6.45, 7) is 14.9. The van der Waals surface area contributed by atoms with Crippen molar-refractivity contribution in [2.75, 3.05) is 56.5 Å². The molecule has 15 rings (SSSR count). The van der Waals surface area contributed by atoms with Gasteiger partial charge in [-0.05, 0) is 166 Å². The molecule has 3 aliphatic heterocycles. The molecule has 3 amide bonds. The van der Waals surface area contributed by atoms with E-state index in [1.165, 1.54) is 30.9 Å². The monoisotopic (exact) mass is 1320 g/mol. The Labute approximate surface area is 572 Å². The number of hydrogen-bond acceptors (Lipinski definition) is 16. The first-order valence-corrected chi connectivity index (χ1v) is 32.9. The number of ether oxygens (including phenoxy) is 3. The van der Waals surface area contributed by atoms with Crippen LogP contribution in [0.4, 0.5) is 17.5 Å². The summed E-state index contributed by atoms with van der Waals surface area (Å²) in [6, 6.07) is 52.2. The molecule has 0 unspecified atom stereocenters. The predicted octanol–water partition coefficient (Wildman–Crippen LogP) is 13.4. The molecule has 99 heavy (non-hydrogen) atoms. The molecule has 0 saturated carbocycles. The van der Waals surface area contributed by atoms with E-state index in [0.29, 0.717) is 48.1 Å². The van der Waals surface area contributed by atoms with Gasteiger partial charge in [0.1, 0.15) is 86.6 Å². The second-order valence-electron chi connectivity index (χ2n) is 24.3. The highest BCUT2D eigenvalue weighted by atomic mass is 16.5. The minimum absolute atomic E-state index is 0.0356. The second-order valence-corrected chi connectivity index (χ2v) is 24.3. The van der Waals surface area contributed by atoms with Gasteiger partial charge in [0.25, 0.3) is 0 Å². The summed E-state index contributed by atoms with van der Waals surface area (Å²) in [7, 11) is 0. The van der Waals surface area contributed by atoms with Crippen LogP contribution < -0.4 is 31.4 Å². The SMILES string of the molecule is C=CC(=O)N1CCC[C@@H](c2cn(-c3ccc(Oc4ccccc4)cc3)c3c(N)ncnc23)C1.C=CC(=O)N1CCC[C@@H](c2nc(-c3ccc(Oc4ccccc4)cc3)c3c(N)nccn23)C1.C=CC(=O)N1CCC[C@@H](c2nn(-c3ccc(Oc4ccccc4)cc3)c3c(N)ncnc23)C1. The van der Waals surface area contributed by atoms with Gasteiger partial charge in [0.2, 0.25) is 17.7 Å². The van der Waals surface area contributed by atoms with Gasteiger partial charge in [-0.2, -0.15) is 5.10 Å². The van der Waals surface area contributed by atoms with E-state index in [9.17, 15) is 14.4 Å². The van der Waals surface area contributed by atoms with Crippen LogP contribution >= 0.6 is 0 Å². The summed E-state index contributed by atoms with van der Waals surface area (Å²) in [5, 5.41) is 4.91. The topological polar surface area (TPSA) is 271 Å². The number of anilines is 3. The molecule has 6 aromatic heterocycles. The van der Waals surface area contributed by atoms with Crippen LogP contribution in [-0.4, -0.2) is 120 Å². The smallest absolute Gasteiger partial charge is 0.245 e. The highest BCUT2D eigenvalue weighted by molar-refractivity contribution is 5.92. The number of para-hydroxylation sites is 3. The summed E-state index contributed by atoms with van der Waals surface area (Å²) < 4.78 is 23.6.